The first-order valence-electron chi connectivity index (χ1n) is 5.97. The van der Waals surface area contributed by atoms with Crippen LogP contribution in [0.15, 0.2) is 29.3 Å². The minimum Gasteiger partial charge on any atom is -0.497 e. The van der Waals surface area contributed by atoms with Crippen molar-refractivity contribution in [3.05, 3.63) is 30.0 Å². The molecule has 0 aliphatic carbocycles. The Morgan fingerprint density at radius 2 is 2.10 bits per heavy atom. The summed E-state index contributed by atoms with van der Waals surface area (Å²) in [6, 6.07) is 5.12. The summed E-state index contributed by atoms with van der Waals surface area (Å²) in [7, 11) is -0.701. The Morgan fingerprint density at radius 3 is 2.67 bits per heavy atom. The highest BCUT2D eigenvalue weighted by Gasteiger charge is 2.19. The average Bonchev–Trinajstić information content (AvgIpc) is 2.92. The maximum atomic E-state index is 12.1. The number of ether oxygens (including phenoxy) is 2. The molecule has 9 heteroatoms. The van der Waals surface area contributed by atoms with Gasteiger partial charge in [-0.05, 0) is 6.07 Å². The Kier molecular flexibility index (Phi) is 4.34. The molecule has 1 aromatic heterocycles. The number of aromatic nitrogens is 2. The molecule has 0 saturated heterocycles. The number of nitrogen functional groups attached to an aromatic ring is 1. The van der Waals surface area contributed by atoms with E-state index in [1.54, 1.807) is 25.3 Å². The van der Waals surface area contributed by atoms with Gasteiger partial charge in [0.25, 0.3) is 0 Å². The summed E-state index contributed by atoms with van der Waals surface area (Å²) in [5.41, 5.74) is 6.18. The highest BCUT2D eigenvalue weighted by Crippen LogP contribution is 2.25. The third-order valence-electron chi connectivity index (χ3n) is 2.87. The Labute approximate surface area is 122 Å². The van der Waals surface area contributed by atoms with Gasteiger partial charge >= 0.3 is 0 Å². The second-order valence-electron chi connectivity index (χ2n) is 4.15. The molecule has 1 heterocycles. The number of hydrogen-bond donors (Lipinski definition) is 3. The van der Waals surface area contributed by atoms with Crippen molar-refractivity contribution in [2.24, 2.45) is 0 Å². The topological polar surface area (TPSA) is 119 Å². The van der Waals surface area contributed by atoms with Crippen LogP contribution in [-0.4, -0.2) is 32.8 Å². The van der Waals surface area contributed by atoms with Gasteiger partial charge in [-0.2, -0.15) is 5.10 Å². The molecule has 0 aliphatic heterocycles. The highest BCUT2D eigenvalue weighted by atomic mass is 32.2. The predicted molar refractivity (Wildman–Crippen MR) is 76.6 cm³/mol. The largest absolute Gasteiger partial charge is 0.497 e. The summed E-state index contributed by atoms with van der Waals surface area (Å²) < 4.78 is 36.9. The second kappa shape index (κ2) is 6.02. The number of nitrogens with two attached hydrogens (primary N) is 1. The number of H-pyrrole nitrogens is 1. The van der Waals surface area contributed by atoms with Crippen molar-refractivity contribution in [3.8, 4) is 11.5 Å². The number of methoxy groups -OCH3 is 2. The molecule has 0 spiro atoms. The first kappa shape index (κ1) is 15.1. The first-order valence-corrected chi connectivity index (χ1v) is 7.45. The molecule has 114 valence electrons. The normalized spacial score (nSPS) is 11.3. The van der Waals surface area contributed by atoms with Crippen molar-refractivity contribution in [2.45, 2.75) is 11.4 Å². The summed E-state index contributed by atoms with van der Waals surface area (Å²) in [4.78, 5) is -0.0880. The van der Waals surface area contributed by atoms with Gasteiger partial charge in [0.2, 0.25) is 10.0 Å². The van der Waals surface area contributed by atoms with Gasteiger partial charge in [0.15, 0.2) is 0 Å². The van der Waals surface area contributed by atoms with E-state index in [1.807, 2.05) is 0 Å². The molecule has 0 bridgehead atoms. The van der Waals surface area contributed by atoms with E-state index in [1.165, 1.54) is 7.11 Å². The van der Waals surface area contributed by atoms with E-state index in [4.69, 9.17) is 15.2 Å². The standard InChI is InChI=1S/C12H16N4O4S/c1-19-9-4-3-8(10(5-9)20-2)6-15-21(17,18)11-7-14-16-12(11)13/h3-5,7,15H,6H2,1-2H3,(H3,13,14,16). The number of anilines is 1. The van der Waals surface area contributed by atoms with E-state index >= 15 is 0 Å². The molecule has 8 nitrogen and oxygen atoms in total. The third-order valence-corrected chi connectivity index (χ3v) is 4.30. The van der Waals surface area contributed by atoms with E-state index in [0.29, 0.717) is 17.1 Å². The molecular formula is C12H16N4O4S. The Morgan fingerprint density at radius 1 is 1.33 bits per heavy atom. The number of hydrogen-bond acceptors (Lipinski definition) is 6. The van der Waals surface area contributed by atoms with Gasteiger partial charge in [0, 0.05) is 18.2 Å². The Bertz CT molecular complexity index is 727. The van der Waals surface area contributed by atoms with Crippen LogP contribution in [0.25, 0.3) is 0 Å². The lowest BCUT2D eigenvalue weighted by atomic mass is 10.2. The summed E-state index contributed by atoms with van der Waals surface area (Å²) in [5.74, 6) is 1.14. The number of aromatic amines is 1. The van der Waals surface area contributed by atoms with Crippen molar-refractivity contribution in [3.63, 3.8) is 0 Å². The molecule has 0 amide bonds. The fraction of sp³-hybridized carbons (Fsp3) is 0.250. The molecule has 1 aromatic carbocycles. The molecule has 4 N–H and O–H groups in total. The van der Waals surface area contributed by atoms with E-state index in [9.17, 15) is 8.42 Å². The fourth-order valence-corrected chi connectivity index (χ4v) is 2.78. The maximum absolute atomic E-state index is 12.1. The minimum atomic E-state index is -3.74. The minimum absolute atomic E-state index is 0.0100. The van der Waals surface area contributed by atoms with Crippen LogP contribution < -0.4 is 19.9 Å². The molecule has 0 aliphatic rings. The number of sulfonamides is 1. The average molecular weight is 312 g/mol. The lowest BCUT2D eigenvalue weighted by Crippen LogP contribution is -2.24. The maximum Gasteiger partial charge on any atom is 0.246 e. The molecule has 0 saturated carbocycles. The van der Waals surface area contributed by atoms with Crippen molar-refractivity contribution in [1.29, 1.82) is 0 Å². The SMILES string of the molecule is COc1ccc(CNS(=O)(=O)c2cn[nH]c2N)c(OC)c1. The number of rotatable bonds is 6. The van der Waals surface area contributed by atoms with Crippen LogP contribution in [0.2, 0.25) is 0 Å². The van der Waals surface area contributed by atoms with Gasteiger partial charge in [0.05, 0.1) is 20.4 Å². The zero-order valence-electron chi connectivity index (χ0n) is 11.6. The van der Waals surface area contributed by atoms with Crippen molar-refractivity contribution < 1.29 is 17.9 Å². The second-order valence-corrected chi connectivity index (χ2v) is 5.89. The quantitative estimate of drug-likeness (QED) is 0.714. The summed E-state index contributed by atoms with van der Waals surface area (Å²) in [6.07, 6.45) is 1.16. The number of benzene rings is 1. The first-order chi connectivity index (χ1) is 9.97. The smallest absolute Gasteiger partial charge is 0.246 e. The summed E-state index contributed by atoms with van der Waals surface area (Å²) in [6.45, 7) is 0.0557. The molecule has 0 unspecified atom stereocenters. The molecule has 2 aromatic rings. The van der Waals surface area contributed by atoms with Crippen LogP contribution in [0.4, 0.5) is 5.82 Å². The van der Waals surface area contributed by atoms with E-state index in [2.05, 4.69) is 14.9 Å². The fourth-order valence-electron chi connectivity index (χ4n) is 1.75. The van der Waals surface area contributed by atoms with E-state index in [-0.39, 0.29) is 17.3 Å². The molecule has 21 heavy (non-hydrogen) atoms. The number of nitrogens with zero attached hydrogens (tertiary/aromatic N) is 1. The molecule has 0 fully saturated rings. The van der Waals surface area contributed by atoms with Gasteiger partial charge in [-0.1, -0.05) is 6.07 Å². The van der Waals surface area contributed by atoms with Crippen LogP contribution in [0.1, 0.15) is 5.56 Å². The summed E-state index contributed by atoms with van der Waals surface area (Å²) in [5, 5.41) is 5.97. The van der Waals surface area contributed by atoms with E-state index in [0.717, 1.165) is 6.20 Å². The highest BCUT2D eigenvalue weighted by molar-refractivity contribution is 7.89. The Hall–Kier alpha value is -2.26. The summed E-state index contributed by atoms with van der Waals surface area (Å²) >= 11 is 0. The van der Waals surface area contributed by atoms with Gasteiger partial charge in [-0.3, -0.25) is 5.10 Å². The monoisotopic (exact) mass is 312 g/mol. The van der Waals surface area contributed by atoms with Crippen LogP contribution in [0.3, 0.4) is 0 Å². The Balaban J connectivity index is 2.18. The van der Waals surface area contributed by atoms with Crippen LogP contribution in [0, 0.1) is 0 Å². The molecule has 2 rings (SSSR count). The van der Waals surface area contributed by atoms with Crippen LogP contribution in [0.5, 0.6) is 11.5 Å². The van der Waals surface area contributed by atoms with Gasteiger partial charge in [-0.25, -0.2) is 13.1 Å². The lowest BCUT2D eigenvalue weighted by molar-refractivity contribution is 0.390. The van der Waals surface area contributed by atoms with Crippen molar-refractivity contribution >= 4 is 15.8 Å². The lowest BCUT2D eigenvalue weighted by Gasteiger charge is -2.11. The van der Waals surface area contributed by atoms with Gasteiger partial charge < -0.3 is 15.2 Å². The van der Waals surface area contributed by atoms with Crippen LogP contribution in [-0.2, 0) is 16.6 Å². The van der Waals surface area contributed by atoms with E-state index < -0.39 is 10.0 Å². The van der Waals surface area contributed by atoms with Crippen molar-refractivity contribution in [2.75, 3.05) is 20.0 Å². The third kappa shape index (κ3) is 3.26. The van der Waals surface area contributed by atoms with Crippen molar-refractivity contribution in [1.82, 2.24) is 14.9 Å². The zero-order chi connectivity index (χ0) is 15.5. The van der Waals surface area contributed by atoms with Crippen LogP contribution >= 0.6 is 0 Å². The van der Waals surface area contributed by atoms with Gasteiger partial charge in [0.1, 0.15) is 22.2 Å². The molecule has 0 atom stereocenters. The molecule has 0 radical (unpaired) electrons. The predicted octanol–water partition coefficient (Wildman–Crippen LogP) is 0.488. The molecular weight excluding hydrogens is 296 g/mol. The number of nitrogens with one attached hydrogen (secondary N) is 2. The van der Waals surface area contributed by atoms with Gasteiger partial charge in [-0.15, -0.1) is 0 Å². The zero-order valence-corrected chi connectivity index (χ0v) is 12.4.